The number of anilines is 2. The molecule has 0 aromatic heterocycles. The summed E-state index contributed by atoms with van der Waals surface area (Å²) in [4.78, 5) is 12.1. The van der Waals surface area contributed by atoms with Gasteiger partial charge in [0.05, 0.1) is 5.02 Å². The average Bonchev–Trinajstić information content (AvgIpc) is 2.62. The molecule has 3 rings (SSSR count). The van der Waals surface area contributed by atoms with Crippen molar-refractivity contribution in [1.29, 1.82) is 0 Å². The standard InChI is InChI=1S/C19H14ClFN2O3S/c20-17-10-9-13(19(24)22-16-8-4-5-14(21)12-16)11-18(17)27(25,26)23-15-6-2-1-3-7-15/h1-12,23H,(H,22,24). The minimum Gasteiger partial charge on any atom is -0.322 e. The van der Waals surface area contributed by atoms with Gasteiger partial charge in [-0.2, -0.15) is 0 Å². The van der Waals surface area contributed by atoms with E-state index in [2.05, 4.69) is 10.0 Å². The van der Waals surface area contributed by atoms with Gasteiger partial charge in [0.15, 0.2) is 0 Å². The second-order valence-electron chi connectivity index (χ2n) is 5.58. The van der Waals surface area contributed by atoms with Crippen LogP contribution in [0, 0.1) is 5.82 Å². The van der Waals surface area contributed by atoms with Gasteiger partial charge in [-0.1, -0.05) is 35.9 Å². The van der Waals surface area contributed by atoms with Gasteiger partial charge in [-0.15, -0.1) is 0 Å². The first-order valence-corrected chi connectivity index (χ1v) is 9.65. The Balaban J connectivity index is 1.88. The Labute approximate surface area is 160 Å². The van der Waals surface area contributed by atoms with E-state index in [-0.39, 0.29) is 21.2 Å². The van der Waals surface area contributed by atoms with E-state index >= 15 is 0 Å². The predicted octanol–water partition coefficient (Wildman–Crippen LogP) is 4.53. The van der Waals surface area contributed by atoms with E-state index in [4.69, 9.17) is 11.6 Å². The second-order valence-corrected chi connectivity index (χ2v) is 7.64. The number of nitrogens with one attached hydrogen (secondary N) is 2. The van der Waals surface area contributed by atoms with Crippen LogP contribution >= 0.6 is 11.6 Å². The molecule has 0 bridgehead atoms. The van der Waals surface area contributed by atoms with E-state index in [0.717, 1.165) is 6.07 Å². The van der Waals surface area contributed by atoms with Crippen LogP contribution in [0.1, 0.15) is 10.4 Å². The molecular formula is C19H14ClFN2O3S. The van der Waals surface area contributed by atoms with Crippen LogP contribution in [-0.4, -0.2) is 14.3 Å². The van der Waals surface area contributed by atoms with Crippen LogP contribution in [-0.2, 0) is 10.0 Å². The summed E-state index contributed by atoms with van der Waals surface area (Å²) in [6.07, 6.45) is 0. The first-order chi connectivity index (χ1) is 12.8. The van der Waals surface area contributed by atoms with Crippen molar-refractivity contribution < 1.29 is 17.6 Å². The van der Waals surface area contributed by atoms with Crippen molar-refractivity contribution in [2.45, 2.75) is 4.90 Å². The molecule has 0 fully saturated rings. The van der Waals surface area contributed by atoms with Crippen LogP contribution in [0.5, 0.6) is 0 Å². The Hall–Kier alpha value is -2.90. The first-order valence-electron chi connectivity index (χ1n) is 7.79. The number of carbonyl (C=O) groups is 1. The maximum absolute atomic E-state index is 13.2. The molecule has 0 aliphatic heterocycles. The van der Waals surface area contributed by atoms with Crippen LogP contribution < -0.4 is 10.0 Å². The molecule has 138 valence electrons. The topological polar surface area (TPSA) is 75.3 Å². The van der Waals surface area contributed by atoms with Crippen LogP contribution in [0.3, 0.4) is 0 Å². The Morgan fingerprint density at radius 1 is 0.889 bits per heavy atom. The molecule has 0 unspecified atom stereocenters. The molecule has 8 heteroatoms. The highest BCUT2D eigenvalue weighted by molar-refractivity contribution is 7.92. The average molecular weight is 405 g/mol. The zero-order valence-electron chi connectivity index (χ0n) is 13.8. The van der Waals surface area contributed by atoms with E-state index < -0.39 is 21.7 Å². The highest BCUT2D eigenvalue weighted by atomic mass is 35.5. The third kappa shape index (κ3) is 4.64. The highest BCUT2D eigenvalue weighted by Gasteiger charge is 2.20. The molecule has 0 saturated carbocycles. The zero-order valence-corrected chi connectivity index (χ0v) is 15.4. The molecule has 3 aromatic rings. The molecule has 0 saturated heterocycles. The summed E-state index contributed by atoms with van der Waals surface area (Å²) in [5, 5.41) is 2.48. The van der Waals surface area contributed by atoms with Gasteiger partial charge in [-0.25, -0.2) is 12.8 Å². The van der Waals surface area contributed by atoms with Gasteiger partial charge in [0.1, 0.15) is 10.7 Å². The molecule has 0 aliphatic carbocycles. The minimum atomic E-state index is -4.00. The molecule has 0 spiro atoms. The first kappa shape index (κ1) is 18.9. The number of sulfonamides is 1. The van der Waals surface area contributed by atoms with Crippen molar-refractivity contribution in [2.75, 3.05) is 10.0 Å². The normalized spacial score (nSPS) is 11.0. The summed E-state index contributed by atoms with van der Waals surface area (Å²) >= 11 is 6.03. The number of amides is 1. The maximum atomic E-state index is 13.2. The number of hydrogen-bond acceptors (Lipinski definition) is 3. The van der Waals surface area contributed by atoms with E-state index in [9.17, 15) is 17.6 Å². The van der Waals surface area contributed by atoms with E-state index in [1.165, 1.54) is 36.4 Å². The van der Waals surface area contributed by atoms with Crippen LogP contribution in [0.15, 0.2) is 77.7 Å². The SMILES string of the molecule is O=C(Nc1cccc(F)c1)c1ccc(Cl)c(S(=O)(=O)Nc2ccccc2)c1. The van der Waals surface area contributed by atoms with E-state index in [1.54, 1.807) is 30.3 Å². The number of carbonyl (C=O) groups excluding carboxylic acids is 1. The highest BCUT2D eigenvalue weighted by Crippen LogP contribution is 2.25. The van der Waals surface area contributed by atoms with Crippen molar-refractivity contribution in [3.63, 3.8) is 0 Å². The number of halogens is 2. The third-order valence-corrected chi connectivity index (χ3v) is 5.45. The Kier molecular flexibility index (Phi) is 5.43. The van der Waals surface area contributed by atoms with Crippen LogP contribution in [0.25, 0.3) is 0 Å². The molecule has 27 heavy (non-hydrogen) atoms. The Morgan fingerprint density at radius 3 is 2.30 bits per heavy atom. The van der Waals surface area contributed by atoms with Crippen molar-refractivity contribution >= 4 is 38.9 Å². The van der Waals surface area contributed by atoms with Crippen LogP contribution in [0.2, 0.25) is 5.02 Å². The van der Waals surface area contributed by atoms with E-state index in [1.807, 2.05) is 0 Å². The molecule has 0 radical (unpaired) electrons. The van der Waals surface area contributed by atoms with Gasteiger partial charge in [0.2, 0.25) is 0 Å². The van der Waals surface area contributed by atoms with E-state index in [0.29, 0.717) is 5.69 Å². The summed E-state index contributed by atoms with van der Waals surface area (Å²) in [7, 11) is -4.00. The van der Waals surface area contributed by atoms with Gasteiger partial charge in [-0.05, 0) is 48.5 Å². The minimum absolute atomic E-state index is 0.0271. The largest absolute Gasteiger partial charge is 0.322 e. The van der Waals surface area contributed by atoms with Gasteiger partial charge in [-0.3, -0.25) is 9.52 Å². The predicted molar refractivity (Wildman–Crippen MR) is 103 cm³/mol. The smallest absolute Gasteiger partial charge is 0.263 e. The fourth-order valence-electron chi connectivity index (χ4n) is 2.34. The lowest BCUT2D eigenvalue weighted by molar-refractivity contribution is 0.102. The lowest BCUT2D eigenvalue weighted by atomic mass is 10.2. The molecule has 0 atom stereocenters. The summed E-state index contributed by atoms with van der Waals surface area (Å²) in [6.45, 7) is 0. The van der Waals surface area contributed by atoms with Gasteiger partial charge >= 0.3 is 0 Å². The molecule has 5 nitrogen and oxygen atoms in total. The summed E-state index contributed by atoms with van der Waals surface area (Å²) in [5.41, 5.74) is 0.682. The summed E-state index contributed by atoms with van der Waals surface area (Å²) in [6, 6.07) is 17.5. The van der Waals surface area contributed by atoms with Gasteiger partial charge in [0, 0.05) is 16.9 Å². The fraction of sp³-hybridized carbons (Fsp3) is 0. The van der Waals surface area contributed by atoms with Gasteiger partial charge < -0.3 is 5.32 Å². The second kappa shape index (κ2) is 7.77. The summed E-state index contributed by atoms with van der Waals surface area (Å²) < 4.78 is 40.9. The molecule has 1 amide bonds. The zero-order chi connectivity index (χ0) is 19.4. The fourth-order valence-corrected chi connectivity index (χ4v) is 3.92. The quantitative estimate of drug-likeness (QED) is 0.655. The van der Waals surface area contributed by atoms with Gasteiger partial charge in [0.25, 0.3) is 15.9 Å². The number of rotatable bonds is 5. The third-order valence-electron chi connectivity index (χ3n) is 3.59. The van der Waals surface area contributed by atoms with Crippen molar-refractivity contribution in [3.05, 3.63) is 89.2 Å². The molecular weight excluding hydrogens is 391 g/mol. The van der Waals surface area contributed by atoms with Crippen molar-refractivity contribution in [1.82, 2.24) is 0 Å². The molecule has 0 heterocycles. The number of hydrogen-bond donors (Lipinski definition) is 2. The Morgan fingerprint density at radius 2 is 1.59 bits per heavy atom. The van der Waals surface area contributed by atoms with Crippen LogP contribution in [0.4, 0.5) is 15.8 Å². The lowest BCUT2D eigenvalue weighted by Crippen LogP contribution is -2.16. The summed E-state index contributed by atoms with van der Waals surface area (Å²) in [5.74, 6) is -1.09. The maximum Gasteiger partial charge on any atom is 0.263 e. The number of benzene rings is 3. The number of para-hydroxylation sites is 1. The lowest BCUT2D eigenvalue weighted by Gasteiger charge is -2.11. The molecule has 0 aliphatic rings. The Bertz CT molecular complexity index is 1090. The van der Waals surface area contributed by atoms with Crippen molar-refractivity contribution in [2.24, 2.45) is 0 Å². The molecule has 3 aromatic carbocycles. The van der Waals surface area contributed by atoms with Crippen molar-refractivity contribution in [3.8, 4) is 0 Å². The monoisotopic (exact) mass is 404 g/mol. The molecule has 2 N–H and O–H groups in total.